The van der Waals surface area contributed by atoms with Crippen LogP contribution in [-0.2, 0) is 0 Å². The lowest BCUT2D eigenvalue weighted by atomic mass is 9.91. The number of thioether (sulfide) groups is 1. The molecule has 0 radical (unpaired) electrons. The molecule has 1 fully saturated rings. The molecule has 0 aliphatic heterocycles. The van der Waals surface area contributed by atoms with Crippen molar-refractivity contribution in [3.05, 3.63) is 12.4 Å². The largest absolute Gasteiger partial charge is 0.381 e. The van der Waals surface area contributed by atoms with Crippen molar-refractivity contribution in [2.24, 2.45) is 5.92 Å². The van der Waals surface area contributed by atoms with Crippen LogP contribution in [0.3, 0.4) is 0 Å². The van der Waals surface area contributed by atoms with Crippen LogP contribution >= 0.6 is 11.8 Å². The normalized spacial score (nSPS) is 26.5. The van der Waals surface area contributed by atoms with E-state index in [1.807, 2.05) is 0 Å². The summed E-state index contributed by atoms with van der Waals surface area (Å²) in [4.78, 5) is 8.33. The van der Waals surface area contributed by atoms with E-state index in [0.717, 1.165) is 10.9 Å². The summed E-state index contributed by atoms with van der Waals surface area (Å²) in [6.45, 7) is 2.33. The van der Waals surface area contributed by atoms with E-state index >= 15 is 0 Å². The minimum absolute atomic E-state index is 0.570. The topological polar surface area (TPSA) is 51.8 Å². The maximum Gasteiger partial charge on any atom is 0.156 e. The number of anilines is 1. The van der Waals surface area contributed by atoms with E-state index in [1.165, 1.54) is 25.7 Å². The van der Waals surface area contributed by atoms with Gasteiger partial charge in [-0.1, -0.05) is 31.5 Å². The fourth-order valence-electron chi connectivity index (χ4n) is 2.07. The van der Waals surface area contributed by atoms with Crippen LogP contribution in [0.25, 0.3) is 0 Å². The Kier molecular flexibility index (Phi) is 3.46. The van der Waals surface area contributed by atoms with E-state index in [2.05, 4.69) is 16.9 Å². The maximum absolute atomic E-state index is 5.78. The second-order valence-corrected chi connectivity index (χ2v) is 5.55. The van der Waals surface area contributed by atoms with Gasteiger partial charge in [-0.3, -0.25) is 0 Å². The molecule has 1 saturated carbocycles. The number of rotatable bonds is 2. The lowest BCUT2D eigenvalue weighted by molar-refractivity contribution is 0.394. The smallest absolute Gasteiger partial charge is 0.156 e. The van der Waals surface area contributed by atoms with Gasteiger partial charge in [0.05, 0.1) is 0 Å². The van der Waals surface area contributed by atoms with E-state index in [9.17, 15) is 0 Å². The summed E-state index contributed by atoms with van der Waals surface area (Å²) in [5.41, 5.74) is 5.78. The lowest BCUT2D eigenvalue weighted by Gasteiger charge is -2.25. The van der Waals surface area contributed by atoms with Gasteiger partial charge in [-0.15, -0.1) is 0 Å². The monoisotopic (exact) mass is 223 g/mol. The first-order chi connectivity index (χ1) is 7.25. The molecule has 0 spiro atoms. The predicted molar refractivity (Wildman–Crippen MR) is 63.7 cm³/mol. The van der Waals surface area contributed by atoms with E-state index in [0.29, 0.717) is 11.1 Å². The molecule has 1 aromatic heterocycles. The standard InChI is InChI=1S/C11H17N3S/c1-8-3-2-4-9(7-8)15-11-10(12)13-5-6-14-11/h5-6,8-9H,2-4,7H2,1H3,(H2,12,13). The van der Waals surface area contributed by atoms with Crippen LogP contribution in [0.5, 0.6) is 0 Å². The summed E-state index contributed by atoms with van der Waals surface area (Å²) in [5.74, 6) is 1.41. The van der Waals surface area contributed by atoms with Gasteiger partial charge in [0.1, 0.15) is 5.03 Å². The second-order valence-electron chi connectivity index (χ2n) is 4.26. The summed E-state index contributed by atoms with van der Waals surface area (Å²) in [6, 6.07) is 0. The number of aromatic nitrogens is 2. The molecule has 0 amide bonds. The van der Waals surface area contributed by atoms with Crippen LogP contribution < -0.4 is 5.73 Å². The molecule has 2 atom stereocenters. The molecule has 1 aromatic rings. The number of nitrogens with zero attached hydrogens (tertiary/aromatic N) is 2. The Morgan fingerprint density at radius 3 is 2.87 bits per heavy atom. The predicted octanol–water partition coefficient (Wildman–Crippen LogP) is 2.73. The highest BCUT2D eigenvalue weighted by Gasteiger charge is 2.21. The Morgan fingerprint density at radius 2 is 2.13 bits per heavy atom. The molecule has 1 aliphatic rings. The zero-order valence-electron chi connectivity index (χ0n) is 9.02. The third kappa shape index (κ3) is 2.84. The highest BCUT2D eigenvalue weighted by molar-refractivity contribution is 8.00. The van der Waals surface area contributed by atoms with Gasteiger partial charge >= 0.3 is 0 Å². The van der Waals surface area contributed by atoms with Gasteiger partial charge in [0.2, 0.25) is 0 Å². The zero-order valence-corrected chi connectivity index (χ0v) is 9.83. The number of nitrogens with two attached hydrogens (primary N) is 1. The fourth-order valence-corrected chi connectivity index (χ4v) is 3.39. The van der Waals surface area contributed by atoms with Crippen LogP contribution in [0.2, 0.25) is 0 Å². The van der Waals surface area contributed by atoms with Crippen molar-refractivity contribution in [2.45, 2.75) is 42.9 Å². The molecule has 2 N–H and O–H groups in total. The van der Waals surface area contributed by atoms with Gasteiger partial charge < -0.3 is 5.73 Å². The molecule has 0 bridgehead atoms. The van der Waals surface area contributed by atoms with Crippen LogP contribution in [0, 0.1) is 5.92 Å². The maximum atomic E-state index is 5.78. The van der Waals surface area contributed by atoms with Crippen LogP contribution in [0.4, 0.5) is 5.82 Å². The minimum atomic E-state index is 0.570. The second kappa shape index (κ2) is 4.84. The van der Waals surface area contributed by atoms with Crippen molar-refractivity contribution in [3.8, 4) is 0 Å². The molecule has 2 rings (SSSR count). The van der Waals surface area contributed by atoms with Crippen molar-refractivity contribution >= 4 is 17.6 Å². The molecule has 82 valence electrons. The van der Waals surface area contributed by atoms with E-state index in [1.54, 1.807) is 24.2 Å². The Labute approximate surface area is 94.9 Å². The molecule has 15 heavy (non-hydrogen) atoms. The quantitative estimate of drug-likeness (QED) is 0.837. The molecular weight excluding hydrogens is 206 g/mol. The van der Waals surface area contributed by atoms with Crippen molar-refractivity contribution < 1.29 is 0 Å². The number of nitrogen functional groups attached to an aromatic ring is 1. The molecule has 0 aromatic carbocycles. The average molecular weight is 223 g/mol. The Hall–Kier alpha value is -0.770. The van der Waals surface area contributed by atoms with Gasteiger partial charge in [-0.05, 0) is 18.8 Å². The van der Waals surface area contributed by atoms with Crippen molar-refractivity contribution in [3.63, 3.8) is 0 Å². The first-order valence-corrected chi connectivity index (χ1v) is 6.37. The Balaban J connectivity index is 1.99. The molecule has 0 saturated heterocycles. The molecule has 4 heteroatoms. The molecule has 3 nitrogen and oxygen atoms in total. The molecule has 1 heterocycles. The Morgan fingerprint density at radius 1 is 1.33 bits per heavy atom. The van der Waals surface area contributed by atoms with Gasteiger partial charge in [0.25, 0.3) is 0 Å². The minimum Gasteiger partial charge on any atom is -0.381 e. The van der Waals surface area contributed by atoms with Gasteiger partial charge in [-0.2, -0.15) is 0 Å². The highest BCUT2D eigenvalue weighted by atomic mass is 32.2. The van der Waals surface area contributed by atoms with E-state index in [-0.39, 0.29) is 0 Å². The number of hydrogen-bond acceptors (Lipinski definition) is 4. The summed E-state index contributed by atoms with van der Waals surface area (Å²) in [6.07, 6.45) is 8.62. The summed E-state index contributed by atoms with van der Waals surface area (Å²) >= 11 is 1.80. The summed E-state index contributed by atoms with van der Waals surface area (Å²) in [7, 11) is 0. The first-order valence-electron chi connectivity index (χ1n) is 5.49. The van der Waals surface area contributed by atoms with Crippen LogP contribution in [-0.4, -0.2) is 15.2 Å². The highest BCUT2D eigenvalue weighted by Crippen LogP contribution is 2.36. The third-order valence-electron chi connectivity index (χ3n) is 2.86. The lowest BCUT2D eigenvalue weighted by Crippen LogP contribution is -2.15. The third-order valence-corrected chi connectivity index (χ3v) is 4.16. The van der Waals surface area contributed by atoms with Gasteiger partial charge in [-0.25, -0.2) is 9.97 Å². The van der Waals surface area contributed by atoms with E-state index in [4.69, 9.17) is 5.73 Å². The molecule has 2 unspecified atom stereocenters. The fraction of sp³-hybridized carbons (Fsp3) is 0.636. The summed E-state index contributed by atoms with van der Waals surface area (Å²) in [5, 5.41) is 1.57. The SMILES string of the molecule is CC1CCCC(Sc2nccnc2N)C1. The molecule has 1 aliphatic carbocycles. The first kappa shape index (κ1) is 10.7. The molecular formula is C11H17N3S. The van der Waals surface area contributed by atoms with Crippen molar-refractivity contribution in [2.75, 3.05) is 5.73 Å². The van der Waals surface area contributed by atoms with Crippen molar-refractivity contribution in [1.82, 2.24) is 9.97 Å². The van der Waals surface area contributed by atoms with Crippen molar-refractivity contribution in [1.29, 1.82) is 0 Å². The number of hydrogen-bond donors (Lipinski definition) is 1. The van der Waals surface area contributed by atoms with Gasteiger partial charge in [0, 0.05) is 17.6 Å². The van der Waals surface area contributed by atoms with Crippen LogP contribution in [0.1, 0.15) is 32.6 Å². The average Bonchev–Trinajstić information content (AvgIpc) is 2.22. The van der Waals surface area contributed by atoms with Gasteiger partial charge in [0.15, 0.2) is 5.82 Å². The summed E-state index contributed by atoms with van der Waals surface area (Å²) < 4.78 is 0. The van der Waals surface area contributed by atoms with E-state index < -0.39 is 0 Å². The Bertz CT molecular complexity index is 329. The van der Waals surface area contributed by atoms with Crippen LogP contribution in [0.15, 0.2) is 17.4 Å². The zero-order chi connectivity index (χ0) is 10.7.